The molecule has 2 N–H and O–H groups in total. The zero-order valence-corrected chi connectivity index (χ0v) is 35.9. The molecule has 4 heterocycles. The molecular formula is C48H56N8O6. The Labute approximate surface area is 362 Å². The van der Waals surface area contributed by atoms with E-state index < -0.39 is 0 Å². The van der Waals surface area contributed by atoms with E-state index in [1.165, 1.54) is 0 Å². The molecule has 0 unspecified atom stereocenters. The average Bonchev–Trinajstić information content (AvgIpc) is 4.08. The van der Waals surface area contributed by atoms with Crippen molar-refractivity contribution in [2.45, 2.75) is 114 Å². The van der Waals surface area contributed by atoms with Crippen molar-refractivity contribution in [1.29, 1.82) is 0 Å². The quantitative estimate of drug-likeness (QED) is 0.101. The molecule has 6 atom stereocenters. The van der Waals surface area contributed by atoms with Gasteiger partial charge in [-0.05, 0) is 71.9 Å². The van der Waals surface area contributed by atoms with Gasteiger partial charge in [-0.15, -0.1) is 20.4 Å². The van der Waals surface area contributed by atoms with E-state index >= 15 is 0 Å². The van der Waals surface area contributed by atoms with Crippen molar-refractivity contribution in [3.63, 3.8) is 0 Å². The van der Waals surface area contributed by atoms with Gasteiger partial charge in [0.05, 0.1) is 12.2 Å². The lowest BCUT2D eigenvalue weighted by atomic mass is 9.94. The van der Waals surface area contributed by atoms with Gasteiger partial charge < -0.3 is 28.8 Å². The summed E-state index contributed by atoms with van der Waals surface area (Å²) in [5, 5.41) is 35.6. The topological polar surface area (TPSA) is 180 Å². The average molecular weight is 841 g/mol. The fourth-order valence-electron chi connectivity index (χ4n) is 8.05. The van der Waals surface area contributed by atoms with Gasteiger partial charge in [0.15, 0.2) is 11.6 Å². The van der Waals surface area contributed by atoms with Gasteiger partial charge >= 0.3 is 0 Å². The number of aliphatic hydroxyl groups is 2. The number of hydrogen-bond donors (Lipinski definition) is 2. The van der Waals surface area contributed by atoms with E-state index in [0.717, 1.165) is 72.4 Å². The molecule has 14 heteroatoms. The number of aryl methyl sites for hydroxylation is 2. The maximum atomic E-state index is 12.9. The number of pyridine rings is 2. The van der Waals surface area contributed by atoms with E-state index in [-0.39, 0.29) is 60.7 Å². The number of benzene rings is 2. The van der Waals surface area contributed by atoms with Crippen LogP contribution in [-0.2, 0) is 39.8 Å². The summed E-state index contributed by atoms with van der Waals surface area (Å²) in [6.07, 6.45) is 12.6. The third-order valence-corrected chi connectivity index (χ3v) is 11.7. The molecule has 0 radical (unpaired) electrons. The molecule has 2 aliphatic rings. The summed E-state index contributed by atoms with van der Waals surface area (Å²) >= 11 is 0. The molecule has 6 aromatic rings. The number of rotatable bonds is 16. The van der Waals surface area contributed by atoms with Gasteiger partial charge in [0.1, 0.15) is 59.4 Å². The predicted molar refractivity (Wildman–Crippen MR) is 232 cm³/mol. The minimum absolute atomic E-state index is 0.00700. The lowest BCUT2D eigenvalue weighted by Crippen LogP contribution is -2.14. The Hall–Kier alpha value is -6.12. The molecule has 14 nitrogen and oxygen atoms in total. The summed E-state index contributed by atoms with van der Waals surface area (Å²) in [4.78, 5) is 34.2. The lowest BCUT2D eigenvalue weighted by Gasteiger charge is -2.14. The molecule has 62 heavy (non-hydrogen) atoms. The first-order valence-corrected chi connectivity index (χ1v) is 21.5. The molecule has 2 aromatic carbocycles. The van der Waals surface area contributed by atoms with E-state index in [9.17, 15) is 19.8 Å². The summed E-state index contributed by atoms with van der Waals surface area (Å²) in [6, 6.07) is 23.2. The van der Waals surface area contributed by atoms with Gasteiger partial charge in [0, 0.05) is 77.1 Å². The Bertz CT molecular complexity index is 2260. The molecule has 4 aromatic heterocycles. The van der Waals surface area contributed by atoms with Crippen LogP contribution in [0.2, 0.25) is 0 Å². The van der Waals surface area contributed by atoms with Crippen molar-refractivity contribution in [3.8, 4) is 11.5 Å². The number of Topliss-reactive ketones (excluding diaryl/α,β-unsaturated/α-hetero) is 2. The van der Waals surface area contributed by atoms with E-state index in [4.69, 9.17) is 9.47 Å². The smallest absolute Gasteiger partial charge is 0.185 e. The second kappa shape index (κ2) is 20.6. The molecule has 2 aliphatic carbocycles. The van der Waals surface area contributed by atoms with Gasteiger partial charge in [-0.1, -0.05) is 62.4 Å². The summed E-state index contributed by atoms with van der Waals surface area (Å²) < 4.78 is 15.7. The number of ketones is 2. The Morgan fingerprint density at radius 1 is 0.645 bits per heavy atom. The number of carbonyl (C=O) groups is 2. The highest BCUT2D eigenvalue weighted by Crippen LogP contribution is 2.27. The van der Waals surface area contributed by atoms with Crippen molar-refractivity contribution in [1.82, 2.24) is 39.5 Å². The lowest BCUT2D eigenvalue weighted by molar-refractivity contribution is 0.0979. The summed E-state index contributed by atoms with van der Waals surface area (Å²) in [5.74, 6) is 3.55. The molecule has 0 saturated heterocycles. The Kier molecular flexibility index (Phi) is 14.6. The Morgan fingerprint density at radius 3 is 1.45 bits per heavy atom. The fraction of sp³-hybridized carbons (Fsp3) is 0.417. The third-order valence-electron chi connectivity index (χ3n) is 11.7. The highest BCUT2D eigenvalue weighted by atomic mass is 16.5. The van der Waals surface area contributed by atoms with Gasteiger partial charge in [-0.25, -0.2) is 0 Å². The summed E-state index contributed by atoms with van der Waals surface area (Å²) in [7, 11) is 3.88. The molecule has 8 rings (SSSR count). The largest absolute Gasteiger partial charge is 0.490 e. The number of aliphatic hydroxyl groups excluding tert-OH is 2. The second-order valence-electron chi connectivity index (χ2n) is 16.8. The molecule has 0 aliphatic heterocycles. The molecule has 0 amide bonds. The number of ether oxygens (including phenoxy) is 2. The van der Waals surface area contributed by atoms with Gasteiger partial charge in [0.2, 0.25) is 0 Å². The molecular weight excluding hydrogens is 785 g/mol. The van der Waals surface area contributed by atoms with Gasteiger partial charge in [-0.3, -0.25) is 19.6 Å². The van der Waals surface area contributed by atoms with Crippen LogP contribution in [-0.4, -0.2) is 85.7 Å². The highest BCUT2D eigenvalue weighted by Gasteiger charge is 2.26. The third kappa shape index (κ3) is 12.0. The van der Waals surface area contributed by atoms with Crippen molar-refractivity contribution < 1.29 is 29.3 Å². The Morgan fingerprint density at radius 2 is 1.08 bits per heavy atom. The molecule has 0 spiro atoms. The second-order valence-corrected chi connectivity index (χ2v) is 16.8. The first-order valence-electron chi connectivity index (χ1n) is 21.5. The van der Waals surface area contributed by atoms with Crippen LogP contribution in [0.25, 0.3) is 0 Å². The van der Waals surface area contributed by atoms with Crippen LogP contribution in [0.1, 0.15) is 119 Å². The molecule has 2 fully saturated rings. The van der Waals surface area contributed by atoms with Crippen LogP contribution < -0.4 is 9.47 Å². The monoisotopic (exact) mass is 840 g/mol. The SMILES string of the molecule is C[C@H](Cc1nncn1C)c1cccc(CC(=O)c2cc(O[C@@H]3CC[C@@H](O)C3)ccn2)c1.C[C@H](Cc1nncn1C)c1cccc(CC(=O)c2cc(O[C@H]3CC[C@@H](O)C3)ccn2)c1. The van der Waals surface area contributed by atoms with Crippen molar-refractivity contribution in [2.75, 3.05) is 0 Å². The number of nitrogens with zero attached hydrogens (tertiary/aromatic N) is 8. The fourth-order valence-corrected chi connectivity index (χ4v) is 8.05. The minimum Gasteiger partial charge on any atom is -0.490 e. The summed E-state index contributed by atoms with van der Waals surface area (Å²) in [6.45, 7) is 4.30. The van der Waals surface area contributed by atoms with Crippen molar-refractivity contribution in [3.05, 3.63) is 143 Å². The first-order chi connectivity index (χ1) is 29.9. The number of hydrogen-bond acceptors (Lipinski definition) is 12. The van der Waals surface area contributed by atoms with E-state index in [2.05, 4.69) is 68.5 Å². The molecule has 324 valence electrons. The maximum absolute atomic E-state index is 12.9. The Balaban J connectivity index is 0.000000186. The van der Waals surface area contributed by atoms with Gasteiger partial charge in [0.25, 0.3) is 0 Å². The van der Waals surface area contributed by atoms with Crippen LogP contribution in [0, 0.1) is 0 Å². The predicted octanol–water partition coefficient (Wildman–Crippen LogP) is 6.55. The number of aromatic nitrogens is 8. The summed E-state index contributed by atoms with van der Waals surface area (Å²) in [5.41, 5.74) is 5.04. The van der Waals surface area contributed by atoms with Crippen LogP contribution >= 0.6 is 0 Å². The van der Waals surface area contributed by atoms with E-state index in [1.807, 2.05) is 47.5 Å². The van der Waals surface area contributed by atoms with Crippen molar-refractivity contribution in [2.24, 2.45) is 14.1 Å². The standard InChI is InChI=1S/2C24H28N4O3/c2*1-16(10-24-27-26-15-28(24)2)18-5-3-4-17(11-18)12-23(30)22-14-21(8-9-25-22)31-20-7-6-19(29)13-20/h2*3-5,8-9,11,14-16,19-20,29H,6-7,10,12-13H2,1-2H3/t16-,19-,20+;16-,19-,20-/m11/s1. The molecule has 2 saturated carbocycles. The van der Waals surface area contributed by atoms with Crippen LogP contribution in [0.3, 0.4) is 0 Å². The maximum Gasteiger partial charge on any atom is 0.185 e. The molecule has 0 bridgehead atoms. The normalized spacial score (nSPS) is 19.3. The van der Waals surface area contributed by atoms with Crippen molar-refractivity contribution >= 4 is 11.6 Å². The minimum atomic E-state index is -0.295. The van der Waals surface area contributed by atoms with Crippen LogP contribution in [0.15, 0.2) is 97.8 Å². The van der Waals surface area contributed by atoms with Crippen LogP contribution in [0.4, 0.5) is 0 Å². The van der Waals surface area contributed by atoms with E-state index in [1.54, 1.807) is 49.3 Å². The number of carbonyl (C=O) groups excluding carboxylic acids is 2. The zero-order valence-electron chi connectivity index (χ0n) is 35.9. The van der Waals surface area contributed by atoms with E-state index in [0.29, 0.717) is 35.7 Å². The first kappa shape index (κ1) is 44.0. The highest BCUT2D eigenvalue weighted by molar-refractivity contribution is 5.96. The van der Waals surface area contributed by atoms with Crippen LogP contribution in [0.5, 0.6) is 11.5 Å². The van der Waals surface area contributed by atoms with Gasteiger partial charge in [-0.2, -0.15) is 0 Å². The zero-order chi connectivity index (χ0) is 43.6.